The van der Waals surface area contributed by atoms with Crippen LogP contribution in [0.4, 0.5) is 11.5 Å². The minimum absolute atomic E-state index is 0.175. The minimum atomic E-state index is -0.557. The van der Waals surface area contributed by atoms with Gasteiger partial charge in [0.1, 0.15) is 15.5 Å². The number of carbonyl (C=O) groups is 1. The molecule has 27 heavy (non-hydrogen) atoms. The Morgan fingerprint density at radius 3 is 2.56 bits per heavy atom. The van der Waals surface area contributed by atoms with Crippen molar-refractivity contribution >= 4 is 39.0 Å². The fraction of sp³-hybridized carbons (Fsp3) is 0.0500. The molecular formula is C20H16N4O2S. The molecule has 0 saturated heterocycles. The van der Waals surface area contributed by atoms with Crippen molar-refractivity contribution in [2.75, 3.05) is 5.32 Å². The molecule has 1 amide bonds. The molecule has 0 bridgehead atoms. The summed E-state index contributed by atoms with van der Waals surface area (Å²) in [7, 11) is 0. The van der Waals surface area contributed by atoms with Gasteiger partial charge in [0.2, 0.25) is 0 Å². The number of rotatable bonds is 4. The highest BCUT2D eigenvalue weighted by molar-refractivity contribution is 7.21. The summed E-state index contributed by atoms with van der Waals surface area (Å²) in [6, 6.07) is 18.1. The summed E-state index contributed by atoms with van der Waals surface area (Å²) in [6.07, 6.45) is 0. The first-order valence-corrected chi connectivity index (χ1v) is 9.11. The number of pyridine rings is 2. The molecule has 3 N–H and O–H groups in total. The van der Waals surface area contributed by atoms with E-state index in [-0.39, 0.29) is 5.56 Å². The van der Waals surface area contributed by atoms with Gasteiger partial charge in [0.25, 0.3) is 11.5 Å². The number of nitrogens with one attached hydrogen (secondary N) is 1. The number of primary amides is 1. The summed E-state index contributed by atoms with van der Waals surface area (Å²) in [5.74, 6) is 0.0491. The monoisotopic (exact) mass is 376 g/mol. The molecule has 134 valence electrons. The van der Waals surface area contributed by atoms with Gasteiger partial charge in [-0.25, -0.2) is 4.98 Å². The van der Waals surface area contributed by atoms with E-state index in [1.165, 1.54) is 17.4 Å². The van der Waals surface area contributed by atoms with E-state index in [1.54, 1.807) is 10.6 Å². The largest absolute Gasteiger partial charge is 0.365 e. The molecule has 7 heteroatoms. The van der Waals surface area contributed by atoms with Crippen LogP contribution >= 0.6 is 11.3 Å². The molecule has 0 aliphatic heterocycles. The number of anilines is 2. The zero-order valence-corrected chi connectivity index (χ0v) is 15.3. The molecule has 0 atom stereocenters. The van der Waals surface area contributed by atoms with Gasteiger partial charge in [-0.2, -0.15) is 0 Å². The Kier molecular flexibility index (Phi) is 4.21. The van der Waals surface area contributed by atoms with Crippen molar-refractivity contribution in [3.63, 3.8) is 0 Å². The number of benzene rings is 1. The third-order valence-electron chi connectivity index (χ3n) is 4.12. The van der Waals surface area contributed by atoms with Crippen LogP contribution in [0.25, 0.3) is 15.9 Å². The number of aryl methyl sites for hydroxylation is 1. The van der Waals surface area contributed by atoms with Crippen LogP contribution in [0.15, 0.2) is 65.5 Å². The van der Waals surface area contributed by atoms with E-state index >= 15 is 0 Å². The fourth-order valence-corrected chi connectivity index (χ4v) is 4.07. The number of para-hydroxylation sites is 1. The molecule has 4 rings (SSSR count). The first-order valence-electron chi connectivity index (χ1n) is 8.29. The van der Waals surface area contributed by atoms with Crippen LogP contribution in [0.3, 0.4) is 0 Å². The molecule has 0 aliphatic carbocycles. The first kappa shape index (κ1) is 17.0. The highest BCUT2D eigenvalue weighted by Crippen LogP contribution is 2.37. The third kappa shape index (κ3) is 3.09. The van der Waals surface area contributed by atoms with E-state index in [0.29, 0.717) is 21.2 Å². The fourth-order valence-electron chi connectivity index (χ4n) is 2.94. The quantitative estimate of drug-likeness (QED) is 0.569. The molecular weight excluding hydrogens is 360 g/mol. The number of hydrogen-bond donors (Lipinski definition) is 2. The summed E-state index contributed by atoms with van der Waals surface area (Å²) in [5.41, 5.74) is 7.57. The van der Waals surface area contributed by atoms with Crippen LogP contribution in [-0.2, 0) is 0 Å². The maximum Gasteiger partial charge on any atom is 0.261 e. The highest BCUT2D eigenvalue weighted by atomic mass is 32.1. The average molecular weight is 376 g/mol. The lowest BCUT2D eigenvalue weighted by atomic mass is 10.2. The van der Waals surface area contributed by atoms with Crippen molar-refractivity contribution in [2.45, 2.75) is 6.92 Å². The molecule has 1 aromatic carbocycles. The summed E-state index contributed by atoms with van der Waals surface area (Å²) in [5, 5.41) is 3.94. The van der Waals surface area contributed by atoms with Crippen molar-refractivity contribution in [2.24, 2.45) is 5.73 Å². The molecule has 4 aromatic rings. The maximum atomic E-state index is 12.5. The number of aromatic nitrogens is 2. The van der Waals surface area contributed by atoms with Gasteiger partial charge in [0, 0.05) is 17.1 Å². The Balaban J connectivity index is 1.98. The number of nitrogens with two attached hydrogens (primary N) is 1. The lowest BCUT2D eigenvalue weighted by molar-refractivity contribution is 0.100. The summed E-state index contributed by atoms with van der Waals surface area (Å²) in [6.45, 7) is 1.89. The van der Waals surface area contributed by atoms with Crippen LogP contribution in [0.2, 0.25) is 0 Å². The van der Waals surface area contributed by atoms with E-state index < -0.39 is 5.91 Å². The van der Waals surface area contributed by atoms with E-state index in [9.17, 15) is 9.59 Å². The molecule has 3 aromatic heterocycles. The zero-order chi connectivity index (χ0) is 19.0. The first-order chi connectivity index (χ1) is 13.0. The normalized spacial score (nSPS) is 10.9. The van der Waals surface area contributed by atoms with E-state index in [0.717, 1.165) is 16.8 Å². The van der Waals surface area contributed by atoms with Gasteiger partial charge < -0.3 is 11.1 Å². The standard InChI is InChI=1S/C20H16N4O2S/c1-12-6-5-9-15(22-12)23-17-14-10-11-16(25)24(13-7-3-2-4-8-13)20(14)27-18(17)19(21)26/h2-11H,1H3,(H2,21,26)(H,22,23). The number of fused-ring (bicyclic) bond motifs is 1. The van der Waals surface area contributed by atoms with Crippen LogP contribution in [0, 0.1) is 6.92 Å². The topological polar surface area (TPSA) is 90.0 Å². The van der Waals surface area contributed by atoms with Crippen LogP contribution in [-0.4, -0.2) is 15.5 Å². The Bertz CT molecular complexity index is 1210. The summed E-state index contributed by atoms with van der Waals surface area (Å²) < 4.78 is 1.58. The average Bonchev–Trinajstić information content (AvgIpc) is 3.01. The molecule has 3 heterocycles. The highest BCUT2D eigenvalue weighted by Gasteiger charge is 2.20. The van der Waals surface area contributed by atoms with Crippen molar-refractivity contribution in [1.29, 1.82) is 0 Å². The van der Waals surface area contributed by atoms with Crippen molar-refractivity contribution in [3.05, 3.63) is 81.6 Å². The van der Waals surface area contributed by atoms with Crippen molar-refractivity contribution in [1.82, 2.24) is 9.55 Å². The van der Waals surface area contributed by atoms with Gasteiger partial charge in [0.15, 0.2) is 0 Å². The lowest BCUT2D eigenvalue weighted by Crippen LogP contribution is -2.16. The van der Waals surface area contributed by atoms with Gasteiger partial charge in [-0.1, -0.05) is 24.3 Å². The predicted molar refractivity (Wildman–Crippen MR) is 108 cm³/mol. The zero-order valence-electron chi connectivity index (χ0n) is 14.5. The Hall–Kier alpha value is -3.45. The molecule has 0 radical (unpaired) electrons. The minimum Gasteiger partial charge on any atom is -0.365 e. The summed E-state index contributed by atoms with van der Waals surface area (Å²) in [4.78, 5) is 30.0. The van der Waals surface area contributed by atoms with Gasteiger partial charge in [0.05, 0.1) is 11.4 Å². The van der Waals surface area contributed by atoms with Gasteiger partial charge >= 0.3 is 0 Å². The number of amides is 1. The molecule has 0 unspecified atom stereocenters. The SMILES string of the molecule is Cc1cccc(Nc2c(C(N)=O)sc3c2ccc(=O)n3-c2ccccc2)n1. The van der Waals surface area contributed by atoms with E-state index in [2.05, 4.69) is 10.3 Å². The lowest BCUT2D eigenvalue weighted by Gasteiger charge is -2.09. The van der Waals surface area contributed by atoms with E-state index in [1.807, 2.05) is 55.5 Å². The number of thiophene rings is 1. The van der Waals surface area contributed by atoms with Crippen molar-refractivity contribution in [3.8, 4) is 5.69 Å². The van der Waals surface area contributed by atoms with Gasteiger partial charge in [-0.05, 0) is 37.3 Å². The third-order valence-corrected chi connectivity index (χ3v) is 5.33. The molecule has 0 spiro atoms. The molecule has 0 saturated carbocycles. The van der Waals surface area contributed by atoms with Crippen LogP contribution in [0.5, 0.6) is 0 Å². The number of carbonyl (C=O) groups excluding carboxylic acids is 1. The molecule has 6 nitrogen and oxygen atoms in total. The number of hydrogen-bond acceptors (Lipinski definition) is 5. The second-order valence-corrected chi connectivity index (χ2v) is 7.02. The van der Waals surface area contributed by atoms with Gasteiger partial charge in [-0.3, -0.25) is 14.2 Å². The number of nitrogens with zero attached hydrogens (tertiary/aromatic N) is 2. The molecule has 0 aliphatic rings. The van der Waals surface area contributed by atoms with Gasteiger partial charge in [-0.15, -0.1) is 11.3 Å². The predicted octanol–water partition coefficient (Wildman–Crippen LogP) is 3.60. The molecule has 0 fully saturated rings. The van der Waals surface area contributed by atoms with Crippen molar-refractivity contribution < 1.29 is 4.79 Å². The van der Waals surface area contributed by atoms with Crippen LogP contribution in [0.1, 0.15) is 15.4 Å². The Labute approximate surface area is 158 Å². The Morgan fingerprint density at radius 1 is 1.07 bits per heavy atom. The Morgan fingerprint density at radius 2 is 1.85 bits per heavy atom. The maximum absolute atomic E-state index is 12.5. The second-order valence-electron chi connectivity index (χ2n) is 6.02. The smallest absolute Gasteiger partial charge is 0.261 e. The van der Waals surface area contributed by atoms with Crippen LogP contribution < -0.4 is 16.6 Å². The summed E-state index contributed by atoms with van der Waals surface area (Å²) >= 11 is 1.19. The second kappa shape index (κ2) is 6.69. The van der Waals surface area contributed by atoms with E-state index in [4.69, 9.17) is 5.73 Å².